The first kappa shape index (κ1) is 14.8. The zero-order valence-corrected chi connectivity index (χ0v) is 13.5. The Kier molecular flexibility index (Phi) is 5.22. The second kappa shape index (κ2) is 6.71. The van der Waals surface area contributed by atoms with Crippen molar-refractivity contribution in [1.82, 2.24) is 10.3 Å². The number of hydrogen-bond donors (Lipinski definition) is 1. The summed E-state index contributed by atoms with van der Waals surface area (Å²) < 4.78 is 0. The quantitative estimate of drug-likeness (QED) is 0.828. The number of thiazole rings is 1. The van der Waals surface area contributed by atoms with Crippen LogP contribution in [0.2, 0.25) is 0 Å². The molecule has 3 nitrogen and oxygen atoms in total. The summed E-state index contributed by atoms with van der Waals surface area (Å²) in [6.45, 7) is 7.58. The molecule has 1 aromatic rings. The van der Waals surface area contributed by atoms with Crippen LogP contribution in [-0.2, 0) is 13.0 Å². The molecule has 1 aliphatic carbocycles. The Bertz CT molecular complexity index is 396. The molecule has 0 atom stereocenters. The van der Waals surface area contributed by atoms with Gasteiger partial charge in [-0.25, -0.2) is 4.98 Å². The van der Waals surface area contributed by atoms with Gasteiger partial charge in [-0.2, -0.15) is 0 Å². The highest BCUT2D eigenvalue weighted by molar-refractivity contribution is 7.15. The third-order valence-electron chi connectivity index (χ3n) is 3.85. The fourth-order valence-corrected chi connectivity index (χ4v) is 3.41. The summed E-state index contributed by atoms with van der Waals surface area (Å²) in [7, 11) is 2.21. The van der Waals surface area contributed by atoms with E-state index in [1.54, 1.807) is 0 Å². The summed E-state index contributed by atoms with van der Waals surface area (Å²) in [5.74, 6) is 0. The number of aryl methyl sites for hydroxylation is 1. The molecule has 1 fully saturated rings. The van der Waals surface area contributed by atoms with Crippen LogP contribution in [0.1, 0.15) is 57.0 Å². The highest BCUT2D eigenvalue weighted by Gasteiger charge is 2.25. The van der Waals surface area contributed by atoms with Crippen molar-refractivity contribution in [2.45, 2.75) is 71.5 Å². The van der Waals surface area contributed by atoms with Crippen molar-refractivity contribution >= 4 is 16.5 Å². The SMILES string of the molecule is CCCc1nc(N(C)C2CCC2)sc1CNC(C)C. The molecule has 0 bridgehead atoms. The molecule has 0 unspecified atom stereocenters. The van der Waals surface area contributed by atoms with Crippen LogP contribution in [0.4, 0.5) is 5.13 Å². The fourth-order valence-electron chi connectivity index (χ4n) is 2.32. The van der Waals surface area contributed by atoms with E-state index in [9.17, 15) is 0 Å². The number of rotatable bonds is 7. The van der Waals surface area contributed by atoms with Crippen LogP contribution < -0.4 is 10.2 Å². The van der Waals surface area contributed by atoms with Crippen molar-refractivity contribution < 1.29 is 0 Å². The predicted molar refractivity (Wildman–Crippen MR) is 84.1 cm³/mol. The zero-order valence-electron chi connectivity index (χ0n) is 12.7. The van der Waals surface area contributed by atoms with Crippen LogP contribution in [0.25, 0.3) is 0 Å². The van der Waals surface area contributed by atoms with Gasteiger partial charge in [0.15, 0.2) is 5.13 Å². The molecule has 0 radical (unpaired) electrons. The van der Waals surface area contributed by atoms with Crippen molar-refractivity contribution in [2.75, 3.05) is 11.9 Å². The number of aromatic nitrogens is 1. The molecule has 19 heavy (non-hydrogen) atoms. The average molecular weight is 281 g/mol. The lowest BCUT2D eigenvalue weighted by atomic mass is 9.92. The number of nitrogens with zero attached hydrogens (tertiary/aromatic N) is 2. The molecule has 1 saturated carbocycles. The molecule has 0 aliphatic heterocycles. The Balaban J connectivity index is 2.08. The average Bonchev–Trinajstić information content (AvgIpc) is 2.68. The van der Waals surface area contributed by atoms with Crippen LogP contribution in [-0.4, -0.2) is 24.1 Å². The van der Waals surface area contributed by atoms with E-state index in [4.69, 9.17) is 4.98 Å². The highest BCUT2D eigenvalue weighted by Crippen LogP contribution is 2.33. The van der Waals surface area contributed by atoms with Gasteiger partial charge in [-0.3, -0.25) is 0 Å². The molecule has 0 aromatic carbocycles. The number of hydrogen-bond acceptors (Lipinski definition) is 4. The molecule has 1 N–H and O–H groups in total. The predicted octanol–water partition coefficient (Wildman–Crippen LogP) is 3.58. The molecular weight excluding hydrogens is 254 g/mol. The van der Waals surface area contributed by atoms with Crippen LogP contribution in [0.3, 0.4) is 0 Å². The molecule has 0 spiro atoms. The van der Waals surface area contributed by atoms with Crippen LogP contribution >= 0.6 is 11.3 Å². The minimum Gasteiger partial charge on any atom is -0.348 e. The van der Waals surface area contributed by atoms with Gasteiger partial charge in [0.25, 0.3) is 0 Å². The van der Waals surface area contributed by atoms with Crippen molar-refractivity contribution in [2.24, 2.45) is 0 Å². The molecule has 2 rings (SSSR count). The maximum absolute atomic E-state index is 4.89. The summed E-state index contributed by atoms with van der Waals surface area (Å²) in [5.41, 5.74) is 1.31. The first-order chi connectivity index (χ1) is 9.11. The lowest BCUT2D eigenvalue weighted by Crippen LogP contribution is -2.37. The lowest BCUT2D eigenvalue weighted by molar-refractivity contribution is 0.401. The first-order valence-electron chi connectivity index (χ1n) is 7.56. The maximum atomic E-state index is 4.89. The van der Waals surface area contributed by atoms with Crippen molar-refractivity contribution in [1.29, 1.82) is 0 Å². The lowest BCUT2D eigenvalue weighted by Gasteiger charge is -2.34. The summed E-state index contributed by atoms with van der Waals surface area (Å²) in [4.78, 5) is 8.71. The molecule has 0 amide bonds. The summed E-state index contributed by atoms with van der Waals surface area (Å²) >= 11 is 1.88. The van der Waals surface area contributed by atoms with Gasteiger partial charge in [-0.1, -0.05) is 27.2 Å². The molecule has 4 heteroatoms. The Morgan fingerprint density at radius 1 is 1.42 bits per heavy atom. The fraction of sp³-hybridized carbons (Fsp3) is 0.800. The molecule has 0 saturated heterocycles. The Labute approximate surface area is 121 Å². The topological polar surface area (TPSA) is 28.2 Å². The smallest absolute Gasteiger partial charge is 0.185 e. The van der Waals surface area contributed by atoms with Gasteiger partial charge in [-0.15, -0.1) is 11.3 Å². The first-order valence-corrected chi connectivity index (χ1v) is 8.38. The van der Waals surface area contributed by atoms with Gasteiger partial charge in [0.2, 0.25) is 0 Å². The second-order valence-electron chi connectivity index (χ2n) is 5.85. The Morgan fingerprint density at radius 2 is 2.16 bits per heavy atom. The monoisotopic (exact) mass is 281 g/mol. The van der Waals surface area contributed by atoms with Crippen molar-refractivity contribution in [3.63, 3.8) is 0 Å². The molecular formula is C15H27N3S. The van der Waals surface area contributed by atoms with E-state index < -0.39 is 0 Å². The van der Waals surface area contributed by atoms with E-state index in [0.29, 0.717) is 6.04 Å². The van der Waals surface area contributed by atoms with Crippen molar-refractivity contribution in [3.05, 3.63) is 10.6 Å². The number of nitrogens with one attached hydrogen (secondary N) is 1. The van der Waals surface area contributed by atoms with E-state index in [1.165, 1.54) is 41.4 Å². The molecule has 1 aromatic heterocycles. The standard InChI is InChI=1S/C15H27N3S/c1-5-7-13-14(10-16-11(2)3)19-15(17-13)18(4)12-8-6-9-12/h11-12,16H,5-10H2,1-4H3. The maximum Gasteiger partial charge on any atom is 0.185 e. The Morgan fingerprint density at radius 3 is 2.68 bits per heavy atom. The van der Waals surface area contributed by atoms with E-state index in [1.807, 2.05) is 11.3 Å². The van der Waals surface area contributed by atoms with Gasteiger partial charge in [0, 0.05) is 30.6 Å². The van der Waals surface area contributed by atoms with Gasteiger partial charge in [0.1, 0.15) is 0 Å². The molecule has 1 aliphatic rings. The van der Waals surface area contributed by atoms with E-state index in [0.717, 1.165) is 19.0 Å². The molecule has 108 valence electrons. The van der Waals surface area contributed by atoms with E-state index in [-0.39, 0.29) is 0 Å². The van der Waals surface area contributed by atoms with Gasteiger partial charge >= 0.3 is 0 Å². The summed E-state index contributed by atoms with van der Waals surface area (Å²) in [6.07, 6.45) is 6.32. The van der Waals surface area contributed by atoms with Gasteiger partial charge < -0.3 is 10.2 Å². The zero-order chi connectivity index (χ0) is 13.8. The van der Waals surface area contributed by atoms with Gasteiger partial charge in [0.05, 0.1) is 5.69 Å². The van der Waals surface area contributed by atoms with Crippen LogP contribution in [0.5, 0.6) is 0 Å². The van der Waals surface area contributed by atoms with Crippen LogP contribution in [0, 0.1) is 0 Å². The minimum atomic E-state index is 0.532. The second-order valence-corrected chi connectivity index (χ2v) is 6.91. The highest BCUT2D eigenvalue weighted by atomic mass is 32.1. The van der Waals surface area contributed by atoms with E-state index in [2.05, 4.69) is 38.0 Å². The van der Waals surface area contributed by atoms with E-state index >= 15 is 0 Å². The summed E-state index contributed by atoms with van der Waals surface area (Å²) in [5, 5.41) is 4.74. The Hall–Kier alpha value is -0.610. The number of anilines is 1. The summed E-state index contributed by atoms with van der Waals surface area (Å²) in [6, 6.07) is 1.26. The molecule has 1 heterocycles. The van der Waals surface area contributed by atoms with Crippen molar-refractivity contribution in [3.8, 4) is 0 Å². The normalized spacial score (nSPS) is 15.8. The third kappa shape index (κ3) is 3.69. The van der Waals surface area contributed by atoms with Gasteiger partial charge in [-0.05, 0) is 25.7 Å². The largest absolute Gasteiger partial charge is 0.348 e. The minimum absolute atomic E-state index is 0.532. The third-order valence-corrected chi connectivity index (χ3v) is 5.04. The van der Waals surface area contributed by atoms with Crippen LogP contribution in [0.15, 0.2) is 0 Å².